The smallest absolute Gasteiger partial charge is 0.242 e. The molecule has 10 heteroatoms. The van der Waals surface area contributed by atoms with Crippen molar-refractivity contribution in [3.8, 4) is 0 Å². The van der Waals surface area contributed by atoms with Crippen molar-refractivity contribution in [2.75, 3.05) is 13.1 Å². The summed E-state index contributed by atoms with van der Waals surface area (Å²) in [5, 5.41) is 7.49. The van der Waals surface area contributed by atoms with Crippen molar-refractivity contribution in [1.82, 2.24) is 20.9 Å². The van der Waals surface area contributed by atoms with Crippen LogP contribution >= 0.6 is 12.6 Å². The molecule has 1 aliphatic heterocycles. The monoisotopic (exact) mass is 440 g/mol. The highest BCUT2D eigenvalue weighted by Crippen LogP contribution is 2.24. The van der Waals surface area contributed by atoms with E-state index in [1.807, 2.05) is 0 Å². The number of unbranched alkanes of at least 4 members (excludes halogenated alkanes) is 1. The van der Waals surface area contributed by atoms with Gasteiger partial charge in [-0.15, -0.1) is 0 Å². The Morgan fingerprint density at radius 1 is 1.10 bits per heavy atom. The maximum Gasteiger partial charge on any atom is 0.242 e. The fraction of sp³-hybridized carbons (Fsp3) is 0.650. The van der Waals surface area contributed by atoms with Crippen molar-refractivity contribution < 1.29 is 24.0 Å². The highest BCUT2D eigenvalue weighted by Gasteiger charge is 2.31. The lowest BCUT2D eigenvalue weighted by Crippen LogP contribution is -2.48. The molecule has 1 unspecified atom stereocenters. The third kappa shape index (κ3) is 8.56. The molecule has 0 spiro atoms. The van der Waals surface area contributed by atoms with Gasteiger partial charge in [0, 0.05) is 38.0 Å². The number of amides is 4. The molecule has 0 aliphatic carbocycles. The molecule has 1 rings (SSSR count). The minimum absolute atomic E-state index is 0.0951. The standard InChI is InChI=1S/C20H32N4O5S/c1-12-11-16(30)20(29)24(12)10-9-21-17(26)7-5-6-8-18(27)22-14(3)19(28)23-13(2)15(4)25/h13-14,16,30H,1,5-11H2,2-4H3,(H,21,26)(H,22,27)(H,23,28)/t13-,14-,16?/m0/s1. The van der Waals surface area contributed by atoms with Crippen molar-refractivity contribution in [2.24, 2.45) is 0 Å². The third-order valence-electron chi connectivity index (χ3n) is 4.82. The molecule has 1 saturated heterocycles. The maximum atomic E-state index is 11.9. The number of hydrogen-bond donors (Lipinski definition) is 4. The lowest BCUT2D eigenvalue weighted by molar-refractivity contribution is -0.130. The molecule has 3 N–H and O–H groups in total. The Bertz CT molecular complexity index is 697. The molecule has 0 saturated carbocycles. The van der Waals surface area contributed by atoms with Gasteiger partial charge in [0.25, 0.3) is 0 Å². The molecule has 4 amide bonds. The van der Waals surface area contributed by atoms with Crippen molar-refractivity contribution in [3.05, 3.63) is 12.3 Å². The lowest BCUT2D eigenvalue weighted by atomic mass is 10.1. The summed E-state index contributed by atoms with van der Waals surface area (Å²) in [7, 11) is 0. The topological polar surface area (TPSA) is 125 Å². The van der Waals surface area contributed by atoms with Gasteiger partial charge in [-0.3, -0.25) is 24.0 Å². The van der Waals surface area contributed by atoms with E-state index in [0.717, 1.165) is 0 Å². The van der Waals surface area contributed by atoms with Gasteiger partial charge in [-0.2, -0.15) is 12.6 Å². The van der Waals surface area contributed by atoms with E-state index in [2.05, 4.69) is 35.2 Å². The first-order valence-corrected chi connectivity index (χ1v) is 10.6. The Hall–Kier alpha value is -2.36. The zero-order chi connectivity index (χ0) is 22.8. The van der Waals surface area contributed by atoms with Gasteiger partial charge in [0.2, 0.25) is 23.6 Å². The number of ketones is 1. The second kappa shape index (κ2) is 12.4. The first-order chi connectivity index (χ1) is 14.0. The molecule has 9 nitrogen and oxygen atoms in total. The van der Waals surface area contributed by atoms with Crippen LogP contribution in [0.2, 0.25) is 0 Å². The van der Waals surface area contributed by atoms with Gasteiger partial charge in [-0.05, 0) is 33.6 Å². The number of allylic oxidation sites excluding steroid dienone is 1. The number of nitrogens with one attached hydrogen (secondary N) is 3. The lowest BCUT2D eigenvalue weighted by Gasteiger charge is -2.17. The number of thiol groups is 1. The van der Waals surface area contributed by atoms with Crippen LogP contribution in [0.5, 0.6) is 0 Å². The van der Waals surface area contributed by atoms with E-state index in [4.69, 9.17) is 0 Å². The Kier molecular flexibility index (Phi) is 10.6. The molecule has 3 atom stereocenters. The number of hydrogen-bond acceptors (Lipinski definition) is 6. The number of carbonyl (C=O) groups is 5. The quantitative estimate of drug-likeness (QED) is 0.257. The van der Waals surface area contributed by atoms with Crippen molar-refractivity contribution in [2.45, 2.75) is 70.2 Å². The van der Waals surface area contributed by atoms with E-state index < -0.39 is 18.0 Å². The summed E-state index contributed by atoms with van der Waals surface area (Å²) < 4.78 is 0. The predicted octanol–water partition coefficient (Wildman–Crippen LogP) is 0.306. The Labute approximate surface area is 182 Å². The van der Waals surface area contributed by atoms with Crippen LogP contribution in [0.4, 0.5) is 0 Å². The van der Waals surface area contributed by atoms with Crippen molar-refractivity contribution >= 4 is 42.0 Å². The Morgan fingerprint density at radius 2 is 1.70 bits per heavy atom. The summed E-state index contributed by atoms with van der Waals surface area (Å²) >= 11 is 4.19. The van der Waals surface area contributed by atoms with E-state index in [9.17, 15) is 24.0 Å². The second-order valence-corrected chi connectivity index (χ2v) is 8.09. The van der Waals surface area contributed by atoms with Crippen molar-refractivity contribution in [3.63, 3.8) is 0 Å². The fourth-order valence-electron chi connectivity index (χ4n) is 2.81. The Morgan fingerprint density at radius 3 is 2.23 bits per heavy atom. The van der Waals surface area contributed by atoms with Crippen LogP contribution in [0, 0.1) is 0 Å². The molecule has 0 radical (unpaired) electrons. The summed E-state index contributed by atoms with van der Waals surface area (Å²) in [6.45, 7) is 9.03. The van der Waals surface area contributed by atoms with Gasteiger partial charge < -0.3 is 20.9 Å². The summed E-state index contributed by atoms with van der Waals surface area (Å²) in [5.74, 6) is -1.12. The molecule has 168 valence electrons. The van der Waals surface area contributed by atoms with Gasteiger partial charge >= 0.3 is 0 Å². The number of likely N-dealkylation sites (tertiary alicyclic amines) is 1. The molecular weight excluding hydrogens is 408 g/mol. The third-order valence-corrected chi connectivity index (χ3v) is 5.22. The zero-order valence-electron chi connectivity index (χ0n) is 17.8. The predicted molar refractivity (Wildman–Crippen MR) is 116 cm³/mol. The van der Waals surface area contributed by atoms with E-state index >= 15 is 0 Å². The van der Waals surface area contributed by atoms with Crippen LogP contribution in [0.3, 0.4) is 0 Å². The molecule has 1 aliphatic rings. The summed E-state index contributed by atoms with van der Waals surface area (Å²) in [6, 6.07) is -1.35. The van der Waals surface area contributed by atoms with Gasteiger partial charge in [-0.1, -0.05) is 6.58 Å². The van der Waals surface area contributed by atoms with Crippen LogP contribution in [-0.2, 0) is 24.0 Å². The first kappa shape index (κ1) is 25.7. The average molecular weight is 441 g/mol. The van der Waals surface area contributed by atoms with E-state index in [-0.39, 0.29) is 41.6 Å². The number of rotatable bonds is 12. The van der Waals surface area contributed by atoms with Crippen LogP contribution in [0.25, 0.3) is 0 Å². The molecule has 0 aromatic heterocycles. The summed E-state index contributed by atoms with van der Waals surface area (Å²) in [6.07, 6.45) is 2.01. The molecule has 30 heavy (non-hydrogen) atoms. The minimum atomic E-state index is -0.748. The van der Waals surface area contributed by atoms with Crippen LogP contribution in [0.15, 0.2) is 12.3 Å². The minimum Gasteiger partial charge on any atom is -0.354 e. The first-order valence-electron chi connectivity index (χ1n) is 10.1. The zero-order valence-corrected chi connectivity index (χ0v) is 18.7. The van der Waals surface area contributed by atoms with Gasteiger partial charge in [-0.25, -0.2) is 0 Å². The highest BCUT2D eigenvalue weighted by molar-refractivity contribution is 7.81. The normalized spacial score (nSPS) is 18.0. The molecule has 1 heterocycles. The molecular formula is C20H32N4O5S. The number of nitrogens with zero attached hydrogens (tertiary/aromatic N) is 1. The van der Waals surface area contributed by atoms with Gasteiger partial charge in [0.05, 0.1) is 11.3 Å². The maximum absolute atomic E-state index is 11.9. The Balaban J connectivity index is 2.16. The van der Waals surface area contributed by atoms with E-state index in [1.165, 1.54) is 11.8 Å². The van der Waals surface area contributed by atoms with E-state index in [0.29, 0.717) is 38.0 Å². The fourth-order valence-corrected chi connectivity index (χ4v) is 3.16. The largest absolute Gasteiger partial charge is 0.354 e. The van der Waals surface area contributed by atoms with Crippen molar-refractivity contribution in [1.29, 1.82) is 0 Å². The summed E-state index contributed by atoms with van der Waals surface area (Å²) in [5.41, 5.74) is 0.707. The summed E-state index contributed by atoms with van der Waals surface area (Å²) in [4.78, 5) is 60.3. The SMILES string of the molecule is C=C1CC(S)C(=O)N1CCNC(=O)CCCCC(=O)N[C@@H](C)C(=O)N[C@@H](C)C(C)=O. The number of Topliss-reactive ketones (excluding diaryl/α,β-unsaturated/α-hetero) is 1. The molecule has 0 aromatic carbocycles. The van der Waals surface area contributed by atoms with Crippen LogP contribution in [0.1, 0.15) is 52.9 Å². The van der Waals surface area contributed by atoms with Gasteiger partial charge in [0.15, 0.2) is 5.78 Å². The highest BCUT2D eigenvalue weighted by atomic mass is 32.1. The average Bonchev–Trinajstić information content (AvgIpc) is 2.90. The molecule has 1 fully saturated rings. The molecule has 0 aromatic rings. The van der Waals surface area contributed by atoms with Crippen LogP contribution in [-0.4, -0.2) is 64.7 Å². The second-order valence-electron chi connectivity index (χ2n) is 7.46. The van der Waals surface area contributed by atoms with Gasteiger partial charge in [0.1, 0.15) is 6.04 Å². The number of carbonyl (C=O) groups excluding carboxylic acids is 5. The molecule has 0 bridgehead atoms. The van der Waals surface area contributed by atoms with E-state index in [1.54, 1.807) is 13.8 Å². The van der Waals surface area contributed by atoms with Crippen LogP contribution < -0.4 is 16.0 Å².